The number of rotatable bonds is 4. The summed E-state index contributed by atoms with van der Waals surface area (Å²) in [6, 6.07) is 12.1. The highest BCUT2D eigenvalue weighted by Gasteiger charge is 2.12. The maximum absolute atomic E-state index is 12.8. The Labute approximate surface area is 153 Å². The molecule has 126 valence electrons. The zero-order valence-corrected chi connectivity index (χ0v) is 15.6. The first-order valence-electron chi connectivity index (χ1n) is 8.10. The molecule has 0 atom stereocenters. The molecule has 0 spiro atoms. The van der Waals surface area contributed by atoms with Crippen LogP contribution in [0.2, 0.25) is 0 Å². The minimum absolute atomic E-state index is 0.00345. The van der Waals surface area contributed by atoms with Gasteiger partial charge in [0.2, 0.25) is 0 Å². The molecule has 0 unspecified atom stereocenters. The maximum Gasteiger partial charge on any atom is 0.271 e. The molecule has 0 saturated heterocycles. The summed E-state index contributed by atoms with van der Waals surface area (Å²) >= 11 is 3.14. The molecule has 0 radical (unpaired) electrons. The van der Waals surface area contributed by atoms with Gasteiger partial charge < -0.3 is 0 Å². The third-order valence-electron chi connectivity index (χ3n) is 3.96. The van der Waals surface area contributed by atoms with Crippen molar-refractivity contribution in [3.05, 3.63) is 69.2 Å². The summed E-state index contributed by atoms with van der Waals surface area (Å²) in [6.07, 6.45) is 1.63. The number of aromatic nitrogens is 3. The fourth-order valence-electron chi connectivity index (χ4n) is 2.64. The second-order valence-corrected chi connectivity index (χ2v) is 8.14. The molecular formula is C19H17N3OS2. The first kappa shape index (κ1) is 16.2. The lowest BCUT2D eigenvalue weighted by Gasteiger charge is -2.02. The Balaban J connectivity index is 1.71. The highest BCUT2D eigenvalue weighted by molar-refractivity contribution is 7.22. The molecular weight excluding hydrogens is 350 g/mol. The lowest BCUT2D eigenvalue weighted by Crippen LogP contribution is -2.20. The number of thiazole rings is 1. The van der Waals surface area contributed by atoms with Crippen LogP contribution in [0.5, 0.6) is 0 Å². The van der Waals surface area contributed by atoms with Gasteiger partial charge in [0.05, 0.1) is 29.1 Å². The van der Waals surface area contributed by atoms with Crippen molar-refractivity contribution in [2.75, 3.05) is 0 Å². The number of fused-ring (bicyclic) bond motifs is 1. The molecule has 0 N–H and O–H groups in total. The highest BCUT2D eigenvalue weighted by Crippen LogP contribution is 2.30. The zero-order chi connectivity index (χ0) is 17.4. The van der Waals surface area contributed by atoms with E-state index in [1.54, 1.807) is 22.2 Å². The Hall–Kier alpha value is -2.31. The van der Waals surface area contributed by atoms with Gasteiger partial charge in [0.25, 0.3) is 5.56 Å². The van der Waals surface area contributed by atoms with Crippen molar-refractivity contribution in [3.8, 4) is 10.4 Å². The fraction of sp³-hybridized carbons (Fsp3) is 0.211. The van der Waals surface area contributed by atoms with E-state index in [0.717, 1.165) is 26.7 Å². The van der Waals surface area contributed by atoms with Crippen LogP contribution in [0.25, 0.3) is 20.7 Å². The fourth-order valence-corrected chi connectivity index (χ4v) is 4.53. The Bertz CT molecular complexity index is 1080. The van der Waals surface area contributed by atoms with Crippen molar-refractivity contribution in [2.45, 2.75) is 26.3 Å². The molecule has 4 nitrogen and oxygen atoms in total. The number of hydrogen-bond acceptors (Lipinski definition) is 5. The van der Waals surface area contributed by atoms with Crippen LogP contribution in [-0.2, 0) is 6.54 Å². The smallest absolute Gasteiger partial charge is 0.271 e. The quantitative estimate of drug-likeness (QED) is 0.523. The summed E-state index contributed by atoms with van der Waals surface area (Å²) in [6.45, 7) is 4.71. The molecule has 0 aliphatic heterocycles. The molecule has 4 aromatic rings. The third-order valence-corrected chi connectivity index (χ3v) is 6.31. The number of nitrogens with zero attached hydrogens (tertiary/aromatic N) is 3. The lowest BCUT2D eigenvalue weighted by molar-refractivity contribution is 0.726. The van der Waals surface area contributed by atoms with E-state index >= 15 is 0 Å². The van der Waals surface area contributed by atoms with Crippen molar-refractivity contribution in [2.24, 2.45) is 0 Å². The summed E-state index contributed by atoms with van der Waals surface area (Å²) in [7, 11) is 0. The van der Waals surface area contributed by atoms with E-state index < -0.39 is 0 Å². The number of thiophene rings is 1. The van der Waals surface area contributed by atoms with E-state index in [4.69, 9.17) is 0 Å². The van der Waals surface area contributed by atoms with Gasteiger partial charge in [0, 0.05) is 16.2 Å². The van der Waals surface area contributed by atoms with Crippen LogP contribution in [0.4, 0.5) is 0 Å². The average molecular weight is 367 g/mol. The van der Waals surface area contributed by atoms with E-state index in [0.29, 0.717) is 17.2 Å². The maximum atomic E-state index is 12.8. The summed E-state index contributed by atoms with van der Waals surface area (Å²) < 4.78 is 2.34. The van der Waals surface area contributed by atoms with E-state index in [1.165, 1.54) is 11.3 Å². The molecule has 0 amide bonds. The van der Waals surface area contributed by atoms with E-state index in [2.05, 4.69) is 23.8 Å². The Morgan fingerprint density at radius 2 is 2.00 bits per heavy atom. The minimum atomic E-state index is -0.00345. The molecule has 4 rings (SSSR count). The van der Waals surface area contributed by atoms with Crippen LogP contribution in [-0.4, -0.2) is 14.5 Å². The molecule has 3 heterocycles. The van der Waals surface area contributed by atoms with Crippen molar-refractivity contribution >= 4 is 32.9 Å². The first-order valence-corrected chi connectivity index (χ1v) is 9.80. The van der Waals surface area contributed by atoms with E-state index in [-0.39, 0.29) is 5.56 Å². The average Bonchev–Trinajstić information content (AvgIpc) is 3.26. The summed E-state index contributed by atoms with van der Waals surface area (Å²) in [4.78, 5) is 23.0. The van der Waals surface area contributed by atoms with Crippen molar-refractivity contribution in [1.29, 1.82) is 0 Å². The first-order chi connectivity index (χ1) is 12.1. The van der Waals surface area contributed by atoms with Gasteiger partial charge in [-0.15, -0.1) is 22.7 Å². The standard InChI is InChI=1S/C19H17N3OS2/c1-12(2)18-21-14(10-24-18)9-22-11-20-15-8-16(25-17(15)19(22)23)13-6-4-3-5-7-13/h3-8,10-12H,9H2,1-2H3. The van der Waals surface area contributed by atoms with Crippen LogP contribution >= 0.6 is 22.7 Å². The Morgan fingerprint density at radius 1 is 1.20 bits per heavy atom. The molecule has 0 bridgehead atoms. The Morgan fingerprint density at radius 3 is 2.72 bits per heavy atom. The summed E-state index contributed by atoms with van der Waals surface area (Å²) in [5.74, 6) is 0.404. The molecule has 0 saturated carbocycles. The van der Waals surface area contributed by atoms with E-state index in [9.17, 15) is 4.79 Å². The largest absolute Gasteiger partial charge is 0.292 e. The SMILES string of the molecule is CC(C)c1nc(Cn2cnc3cc(-c4ccccc4)sc3c2=O)cs1. The van der Waals surface area contributed by atoms with Crippen molar-refractivity contribution in [3.63, 3.8) is 0 Å². The van der Waals surface area contributed by atoms with Gasteiger partial charge in [-0.3, -0.25) is 9.36 Å². The molecule has 0 aliphatic rings. The summed E-state index contributed by atoms with van der Waals surface area (Å²) in [5, 5.41) is 3.12. The van der Waals surface area contributed by atoms with Crippen molar-refractivity contribution in [1.82, 2.24) is 14.5 Å². The topological polar surface area (TPSA) is 47.8 Å². The van der Waals surface area contributed by atoms with Crippen LogP contribution < -0.4 is 5.56 Å². The van der Waals surface area contributed by atoms with Crippen LogP contribution in [0, 0.1) is 0 Å². The molecule has 6 heteroatoms. The second-order valence-electron chi connectivity index (χ2n) is 6.20. The zero-order valence-electron chi connectivity index (χ0n) is 14.0. The molecule has 0 aliphatic carbocycles. The molecule has 25 heavy (non-hydrogen) atoms. The van der Waals surface area contributed by atoms with Gasteiger partial charge in [0.1, 0.15) is 4.70 Å². The van der Waals surface area contributed by atoms with Crippen molar-refractivity contribution < 1.29 is 0 Å². The minimum Gasteiger partial charge on any atom is -0.292 e. The normalized spacial score (nSPS) is 11.5. The van der Waals surface area contributed by atoms with Gasteiger partial charge in [0.15, 0.2) is 0 Å². The molecule has 0 fully saturated rings. The van der Waals surface area contributed by atoms with Gasteiger partial charge in [-0.2, -0.15) is 0 Å². The van der Waals surface area contributed by atoms with Gasteiger partial charge in [-0.05, 0) is 11.6 Å². The lowest BCUT2D eigenvalue weighted by atomic mass is 10.2. The summed E-state index contributed by atoms with van der Waals surface area (Å²) in [5.41, 5.74) is 2.77. The predicted molar refractivity (Wildman–Crippen MR) is 105 cm³/mol. The van der Waals surface area contributed by atoms with Gasteiger partial charge in [-0.25, -0.2) is 9.97 Å². The highest BCUT2D eigenvalue weighted by atomic mass is 32.1. The number of hydrogen-bond donors (Lipinski definition) is 0. The number of benzene rings is 1. The second kappa shape index (κ2) is 6.54. The third kappa shape index (κ3) is 3.15. The Kier molecular flexibility index (Phi) is 4.23. The van der Waals surface area contributed by atoms with Crippen LogP contribution in [0.1, 0.15) is 30.5 Å². The van der Waals surface area contributed by atoms with Crippen LogP contribution in [0.15, 0.2) is 52.9 Å². The predicted octanol–water partition coefficient (Wildman–Crippen LogP) is 4.75. The van der Waals surface area contributed by atoms with Gasteiger partial charge in [-0.1, -0.05) is 44.2 Å². The monoisotopic (exact) mass is 367 g/mol. The van der Waals surface area contributed by atoms with E-state index in [1.807, 2.05) is 41.8 Å². The molecule has 1 aromatic carbocycles. The molecule has 3 aromatic heterocycles. The van der Waals surface area contributed by atoms with Gasteiger partial charge >= 0.3 is 0 Å². The van der Waals surface area contributed by atoms with Crippen LogP contribution in [0.3, 0.4) is 0 Å².